The first-order chi connectivity index (χ1) is 16.3. The fourth-order valence-electron chi connectivity index (χ4n) is 2.74. The highest BCUT2D eigenvalue weighted by atomic mass is 32.2. The van der Waals surface area contributed by atoms with Crippen LogP contribution in [0.3, 0.4) is 0 Å². The topological polar surface area (TPSA) is 125 Å². The van der Waals surface area contributed by atoms with Gasteiger partial charge < -0.3 is 29.3 Å². The summed E-state index contributed by atoms with van der Waals surface area (Å²) in [4.78, 5) is 24.5. The van der Waals surface area contributed by atoms with Gasteiger partial charge in [-0.05, 0) is 24.3 Å². The van der Waals surface area contributed by atoms with Gasteiger partial charge in [-0.2, -0.15) is 0 Å². The number of carbonyl (C=O) groups excluding carboxylic acids is 2. The van der Waals surface area contributed by atoms with Crippen LogP contribution in [-0.4, -0.2) is 49.1 Å². The maximum absolute atomic E-state index is 13.6. The second-order valence-corrected chi connectivity index (χ2v) is 7.45. The van der Waals surface area contributed by atoms with E-state index in [0.29, 0.717) is 23.3 Å². The van der Waals surface area contributed by atoms with Crippen LogP contribution in [0.2, 0.25) is 0 Å². The van der Waals surface area contributed by atoms with Crippen LogP contribution in [0.25, 0.3) is 0 Å². The number of amides is 2. The molecule has 2 N–H and O–H groups in total. The standard InChI is InChI=1S/C21H20F2N4O6S/c1-30-15-6-11(7-16(31-2)19(15)32-3)20(29)24-9-18-26-27-21(33-18)34-10-17(28)25-14-5-4-12(22)8-13(14)23/h4-8H,9-10H2,1-3H3,(H,24,29)(H,25,28). The van der Waals surface area contributed by atoms with Gasteiger partial charge in [0.1, 0.15) is 11.6 Å². The Balaban J connectivity index is 1.54. The van der Waals surface area contributed by atoms with Gasteiger partial charge in [0.25, 0.3) is 11.1 Å². The van der Waals surface area contributed by atoms with Gasteiger partial charge in [-0.1, -0.05) is 11.8 Å². The van der Waals surface area contributed by atoms with Gasteiger partial charge >= 0.3 is 0 Å². The van der Waals surface area contributed by atoms with Crippen LogP contribution in [0.1, 0.15) is 16.2 Å². The molecule has 0 saturated heterocycles. The number of nitrogens with one attached hydrogen (secondary N) is 2. The van der Waals surface area contributed by atoms with Crippen LogP contribution in [0.15, 0.2) is 40.0 Å². The molecule has 0 radical (unpaired) electrons. The Morgan fingerprint density at radius 1 is 1.03 bits per heavy atom. The average molecular weight is 494 g/mol. The maximum atomic E-state index is 13.6. The molecule has 0 unspecified atom stereocenters. The Hall–Kier alpha value is -3.87. The van der Waals surface area contributed by atoms with Crippen molar-refractivity contribution in [3.05, 3.63) is 53.4 Å². The summed E-state index contributed by atoms with van der Waals surface area (Å²) in [5, 5.41) is 12.6. The molecular formula is C21H20F2N4O6S. The molecule has 10 nitrogen and oxygen atoms in total. The van der Waals surface area contributed by atoms with Crippen molar-refractivity contribution in [3.63, 3.8) is 0 Å². The number of aromatic nitrogens is 2. The zero-order valence-corrected chi connectivity index (χ0v) is 19.1. The molecule has 0 spiro atoms. The van der Waals surface area contributed by atoms with E-state index in [1.807, 2.05) is 0 Å². The van der Waals surface area contributed by atoms with Gasteiger partial charge in [0.2, 0.25) is 17.5 Å². The van der Waals surface area contributed by atoms with E-state index in [4.69, 9.17) is 18.6 Å². The van der Waals surface area contributed by atoms with Crippen LogP contribution in [0.4, 0.5) is 14.5 Å². The molecule has 2 aromatic carbocycles. The van der Waals surface area contributed by atoms with E-state index in [9.17, 15) is 18.4 Å². The minimum atomic E-state index is -0.888. The van der Waals surface area contributed by atoms with E-state index in [0.717, 1.165) is 23.9 Å². The smallest absolute Gasteiger partial charge is 0.277 e. The normalized spacial score (nSPS) is 10.5. The molecule has 34 heavy (non-hydrogen) atoms. The fourth-order valence-corrected chi connectivity index (χ4v) is 3.32. The van der Waals surface area contributed by atoms with Gasteiger partial charge in [-0.15, -0.1) is 10.2 Å². The van der Waals surface area contributed by atoms with Crippen molar-refractivity contribution >= 4 is 29.3 Å². The van der Waals surface area contributed by atoms with E-state index in [-0.39, 0.29) is 34.7 Å². The van der Waals surface area contributed by atoms with E-state index >= 15 is 0 Å². The Labute approximate surface area is 197 Å². The van der Waals surface area contributed by atoms with Crippen molar-refractivity contribution in [2.75, 3.05) is 32.4 Å². The third kappa shape index (κ3) is 6.13. The summed E-state index contributed by atoms with van der Waals surface area (Å²) in [6.07, 6.45) is 0. The number of hydrogen-bond donors (Lipinski definition) is 2. The van der Waals surface area contributed by atoms with E-state index < -0.39 is 23.4 Å². The van der Waals surface area contributed by atoms with E-state index in [2.05, 4.69) is 20.8 Å². The molecule has 0 saturated carbocycles. The highest BCUT2D eigenvalue weighted by Gasteiger charge is 2.18. The summed E-state index contributed by atoms with van der Waals surface area (Å²) in [6, 6.07) is 5.80. The molecule has 0 aliphatic heterocycles. The number of nitrogens with zero attached hydrogens (tertiary/aromatic N) is 2. The lowest BCUT2D eigenvalue weighted by molar-refractivity contribution is -0.113. The number of ether oxygens (including phenoxy) is 3. The molecule has 180 valence electrons. The quantitative estimate of drug-likeness (QED) is 0.409. The summed E-state index contributed by atoms with van der Waals surface area (Å²) in [6.45, 7) is -0.0734. The number of methoxy groups -OCH3 is 3. The van der Waals surface area contributed by atoms with E-state index in [1.165, 1.54) is 33.5 Å². The summed E-state index contributed by atoms with van der Waals surface area (Å²) in [5.74, 6) is -1.69. The number of thioether (sulfide) groups is 1. The van der Waals surface area contributed by atoms with Gasteiger partial charge in [0.05, 0.1) is 39.3 Å². The molecule has 2 amide bonds. The first-order valence-electron chi connectivity index (χ1n) is 9.62. The lowest BCUT2D eigenvalue weighted by Crippen LogP contribution is -2.23. The van der Waals surface area contributed by atoms with Crippen molar-refractivity contribution in [2.24, 2.45) is 0 Å². The molecule has 1 aromatic heterocycles. The number of carbonyl (C=O) groups is 2. The number of benzene rings is 2. The first kappa shape index (κ1) is 24.8. The van der Waals surface area contributed by atoms with Crippen molar-refractivity contribution in [2.45, 2.75) is 11.8 Å². The second kappa shape index (κ2) is 11.3. The molecule has 0 bridgehead atoms. The summed E-state index contributed by atoms with van der Waals surface area (Å²) in [5.41, 5.74) is 0.112. The van der Waals surface area contributed by atoms with Crippen molar-refractivity contribution in [1.82, 2.24) is 15.5 Å². The Morgan fingerprint density at radius 3 is 2.35 bits per heavy atom. The monoisotopic (exact) mass is 494 g/mol. The van der Waals surface area contributed by atoms with Gasteiger partial charge in [0.15, 0.2) is 11.5 Å². The van der Waals surface area contributed by atoms with Crippen molar-refractivity contribution < 1.29 is 37.0 Å². The Morgan fingerprint density at radius 2 is 1.74 bits per heavy atom. The lowest BCUT2D eigenvalue weighted by Gasteiger charge is -2.13. The van der Waals surface area contributed by atoms with Crippen LogP contribution < -0.4 is 24.8 Å². The zero-order valence-electron chi connectivity index (χ0n) is 18.3. The first-order valence-corrected chi connectivity index (χ1v) is 10.6. The summed E-state index contributed by atoms with van der Waals surface area (Å²) >= 11 is 0.914. The zero-order chi connectivity index (χ0) is 24.7. The van der Waals surface area contributed by atoms with Gasteiger partial charge in [-0.3, -0.25) is 9.59 Å². The second-order valence-electron chi connectivity index (χ2n) is 6.52. The third-order valence-corrected chi connectivity index (χ3v) is 5.13. The molecule has 0 aliphatic carbocycles. The third-order valence-electron chi connectivity index (χ3n) is 4.31. The van der Waals surface area contributed by atoms with Crippen LogP contribution in [-0.2, 0) is 11.3 Å². The molecule has 3 rings (SSSR count). The van der Waals surface area contributed by atoms with Crippen LogP contribution in [0.5, 0.6) is 17.2 Å². The lowest BCUT2D eigenvalue weighted by atomic mass is 10.1. The number of hydrogen-bond acceptors (Lipinski definition) is 9. The molecular weight excluding hydrogens is 474 g/mol. The highest BCUT2D eigenvalue weighted by Crippen LogP contribution is 2.38. The highest BCUT2D eigenvalue weighted by molar-refractivity contribution is 7.99. The van der Waals surface area contributed by atoms with Crippen molar-refractivity contribution in [3.8, 4) is 17.2 Å². The van der Waals surface area contributed by atoms with Crippen molar-refractivity contribution in [1.29, 1.82) is 0 Å². The number of anilines is 1. The van der Waals surface area contributed by atoms with Crippen LogP contribution >= 0.6 is 11.8 Å². The molecule has 3 aromatic rings. The largest absolute Gasteiger partial charge is 0.493 e. The maximum Gasteiger partial charge on any atom is 0.277 e. The fraction of sp³-hybridized carbons (Fsp3) is 0.238. The van der Waals surface area contributed by atoms with E-state index in [1.54, 1.807) is 0 Å². The Bertz CT molecular complexity index is 1160. The molecule has 13 heteroatoms. The SMILES string of the molecule is COc1cc(C(=O)NCc2nnc(SCC(=O)Nc3ccc(F)cc3F)o2)cc(OC)c1OC. The summed E-state index contributed by atoms with van der Waals surface area (Å²) < 4.78 is 47.6. The number of rotatable bonds is 10. The number of halogens is 2. The molecule has 0 aliphatic rings. The predicted molar refractivity (Wildman–Crippen MR) is 117 cm³/mol. The predicted octanol–water partition coefficient (Wildman–Crippen LogP) is 3.03. The average Bonchev–Trinajstić information content (AvgIpc) is 3.29. The minimum Gasteiger partial charge on any atom is -0.493 e. The van der Waals surface area contributed by atoms with Gasteiger partial charge in [0, 0.05) is 11.6 Å². The minimum absolute atomic E-state index is 0.0734. The molecule has 0 fully saturated rings. The Kier molecular flexibility index (Phi) is 8.24. The van der Waals surface area contributed by atoms with Crippen LogP contribution in [0, 0.1) is 11.6 Å². The summed E-state index contributed by atoms with van der Waals surface area (Å²) in [7, 11) is 4.33. The molecule has 1 heterocycles. The molecule has 0 atom stereocenters. The van der Waals surface area contributed by atoms with Gasteiger partial charge in [-0.25, -0.2) is 8.78 Å².